The van der Waals surface area contributed by atoms with Crippen molar-refractivity contribution in [3.05, 3.63) is 102 Å². The molecule has 1 aliphatic rings. The zero-order chi connectivity index (χ0) is 26.5. The molecule has 0 radical (unpaired) electrons. The third-order valence-electron chi connectivity index (χ3n) is 6.57. The number of carbonyl (C=O) groups is 1. The minimum Gasteiger partial charge on any atom is -0.497 e. The van der Waals surface area contributed by atoms with E-state index in [4.69, 9.17) is 19.3 Å². The van der Waals surface area contributed by atoms with Crippen molar-refractivity contribution in [2.45, 2.75) is 32.4 Å². The van der Waals surface area contributed by atoms with Crippen LogP contribution in [0, 0.1) is 12.7 Å². The summed E-state index contributed by atoms with van der Waals surface area (Å²) in [6.45, 7) is 3.23. The minimum atomic E-state index is -0.388. The van der Waals surface area contributed by atoms with Crippen LogP contribution in [0.25, 0.3) is 5.69 Å². The molecular formula is C30H30FN3O4. The molecule has 0 saturated carbocycles. The Kier molecular flexibility index (Phi) is 7.70. The minimum absolute atomic E-state index is 0.0633. The van der Waals surface area contributed by atoms with Gasteiger partial charge in [0.2, 0.25) is 5.88 Å². The van der Waals surface area contributed by atoms with E-state index in [9.17, 15) is 9.18 Å². The van der Waals surface area contributed by atoms with E-state index in [0.29, 0.717) is 36.1 Å². The predicted octanol–water partition coefficient (Wildman–Crippen LogP) is 5.94. The zero-order valence-corrected chi connectivity index (χ0v) is 21.5. The van der Waals surface area contributed by atoms with E-state index in [1.807, 2.05) is 55.5 Å². The van der Waals surface area contributed by atoms with Crippen molar-refractivity contribution in [3.63, 3.8) is 0 Å². The Morgan fingerprint density at radius 3 is 2.55 bits per heavy atom. The molecule has 0 spiro atoms. The van der Waals surface area contributed by atoms with Crippen molar-refractivity contribution in [2.24, 2.45) is 0 Å². The van der Waals surface area contributed by atoms with E-state index in [1.54, 1.807) is 22.8 Å². The highest BCUT2D eigenvalue weighted by Crippen LogP contribution is 2.33. The number of benzene rings is 3. The Bertz CT molecular complexity index is 1380. The Labute approximate surface area is 221 Å². The summed E-state index contributed by atoms with van der Waals surface area (Å²) in [7, 11) is 1.60. The molecule has 3 aromatic carbocycles. The Morgan fingerprint density at radius 1 is 1.08 bits per heavy atom. The van der Waals surface area contributed by atoms with Crippen LogP contribution in [0.1, 0.15) is 34.5 Å². The molecule has 5 rings (SSSR count). The van der Waals surface area contributed by atoms with E-state index in [0.717, 1.165) is 29.8 Å². The molecule has 0 N–H and O–H groups in total. The van der Waals surface area contributed by atoms with Crippen LogP contribution in [0.3, 0.4) is 0 Å². The van der Waals surface area contributed by atoms with E-state index in [2.05, 4.69) is 0 Å². The van der Waals surface area contributed by atoms with Crippen LogP contribution >= 0.6 is 0 Å². The Morgan fingerprint density at radius 2 is 1.84 bits per heavy atom. The number of para-hydroxylation sites is 1. The van der Waals surface area contributed by atoms with Crippen LogP contribution in [0.15, 0.2) is 78.9 Å². The smallest absolute Gasteiger partial charge is 0.254 e. The number of aryl methyl sites for hydroxylation is 1. The van der Waals surface area contributed by atoms with Gasteiger partial charge in [-0.3, -0.25) is 4.79 Å². The number of amides is 1. The summed E-state index contributed by atoms with van der Waals surface area (Å²) in [5.74, 6) is 1.16. The van der Waals surface area contributed by atoms with Gasteiger partial charge in [0.25, 0.3) is 5.91 Å². The van der Waals surface area contributed by atoms with Gasteiger partial charge in [0.1, 0.15) is 17.3 Å². The maximum Gasteiger partial charge on any atom is 0.254 e. The summed E-state index contributed by atoms with van der Waals surface area (Å²) < 4.78 is 33.0. The maximum atomic E-state index is 13.7. The lowest BCUT2D eigenvalue weighted by atomic mass is 10.1. The molecule has 38 heavy (non-hydrogen) atoms. The molecule has 196 valence electrons. The lowest BCUT2D eigenvalue weighted by Crippen LogP contribution is -2.37. The average molecular weight is 516 g/mol. The molecule has 0 aliphatic carbocycles. The Hall–Kier alpha value is -4.17. The molecule has 2 heterocycles. The fourth-order valence-electron chi connectivity index (χ4n) is 4.57. The normalized spacial score (nSPS) is 14.9. The SMILES string of the molecule is COc1cccc(Oc2c(CN(C[C@@H]3CCCO3)C(=O)c3ccc(F)cc3)c(C)nn2-c2ccccc2)c1. The standard InChI is InChI=1S/C30H30FN3O4/c1-21-28(20-33(19-27-12-7-17-37-27)29(35)22-13-15-23(31)16-14-22)30(34(32-21)24-8-4-3-5-9-24)38-26-11-6-10-25(18-26)36-2/h3-6,8-11,13-16,18,27H,7,12,17,19-20H2,1-2H3/t27-/m0/s1. The largest absolute Gasteiger partial charge is 0.497 e. The number of halogens is 1. The van der Waals surface area contributed by atoms with Crippen LogP contribution in [-0.4, -0.2) is 47.0 Å². The number of hydrogen-bond acceptors (Lipinski definition) is 5. The molecule has 8 heteroatoms. The summed E-state index contributed by atoms with van der Waals surface area (Å²) in [5.41, 5.74) is 2.74. The number of ether oxygens (including phenoxy) is 3. The molecule has 1 amide bonds. The quantitative estimate of drug-likeness (QED) is 0.276. The number of aromatic nitrogens is 2. The third kappa shape index (κ3) is 5.70. The lowest BCUT2D eigenvalue weighted by Gasteiger charge is -2.26. The van der Waals surface area contributed by atoms with Crippen LogP contribution < -0.4 is 9.47 Å². The number of rotatable bonds is 9. The van der Waals surface area contributed by atoms with E-state index < -0.39 is 0 Å². The number of methoxy groups -OCH3 is 1. The second kappa shape index (κ2) is 11.5. The fraction of sp³-hybridized carbons (Fsp3) is 0.267. The van der Waals surface area contributed by atoms with Gasteiger partial charge in [-0.05, 0) is 68.3 Å². The summed E-state index contributed by atoms with van der Waals surface area (Å²) in [6.07, 6.45) is 1.77. The Balaban J connectivity index is 1.54. The van der Waals surface area contributed by atoms with Gasteiger partial charge in [0.05, 0.1) is 36.7 Å². The van der Waals surface area contributed by atoms with Crippen molar-refractivity contribution in [1.82, 2.24) is 14.7 Å². The first-order chi connectivity index (χ1) is 18.5. The van der Waals surface area contributed by atoms with Gasteiger partial charge in [-0.15, -0.1) is 0 Å². The second-order valence-electron chi connectivity index (χ2n) is 9.23. The molecule has 1 fully saturated rings. The van der Waals surface area contributed by atoms with Gasteiger partial charge < -0.3 is 19.1 Å². The zero-order valence-electron chi connectivity index (χ0n) is 21.5. The second-order valence-corrected chi connectivity index (χ2v) is 9.23. The highest BCUT2D eigenvalue weighted by Gasteiger charge is 2.28. The molecule has 1 aliphatic heterocycles. The van der Waals surface area contributed by atoms with Crippen molar-refractivity contribution in [1.29, 1.82) is 0 Å². The fourth-order valence-corrected chi connectivity index (χ4v) is 4.57. The van der Waals surface area contributed by atoms with Crippen LogP contribution in [0.4, 0.5) is 4.39 Å². The molecular weight excluding hydrogens is 485 g/mol. The van der Waals surface area contributed by atoms with Crippen molar-refractivity contribution < 1.29 is 23.4 Å². The van der Waals surface area contributed by atoms with Crippen LogP contribution in [0.5, 0.6) is 17.4 Å². The summed E-state index contributed by atoms with van der Waals surface area (Å²) in [4.78, 5) is 15.4. The number of nitrogens with zero attached hydrogens (tertiary/aromatic N) is 3. The highest BCUT2D eigenvalue weighted by atomic mass is 19.1. The summed E-state index contributed by atoms with van der Waals surface area (Å²) in [6, 6.07) is 22.7. The topological polar surface area (TPSA) is 65.8 Å². The van der Waals surface area contributed by atoms with Crippen molar-refractivity contribution >= 4 is 5.91 Å². The predicted molar refractivity (Wildman–Crippen MR) is 141 cm³/mol. The van der Waals surface area contributed by atoms with E-state index >= 15 is 0 Å². The van der Waals surface area contributed by atoms with Gasteiger partial charge >= 0.3 is 0 Å². The molecule has 0 unspecified atom stereocenters. The van der Waals surface area contributed by atoms with Gasteiger partial charge in [0, 0.05) is 24.8 Å². The first-order valence-corrected chi connectivity index (χ1v) is 12.6. The summed E-state index contributed by atoms with van der Waals surface area (Å²) >= 11 is 0. The molecule has 4 aromatic rings. The molecule has 7 nitrogen and oxygen atoms in total. The molecule has 1 saturated heterocycles. The molecule has 1 atom stereocenters. The average Bonchev–Trinajstić information content (AvgIpc) is 3.57. The van der Waals surface area contributed by atoms with E-state index in [-0.39, 0.29) is 24.4 Å². The molecule has 0 bridgehead atoms. The highest BCUT2D eigenvalue weighted by molar-refractivity contribution is 5.94. The first kappa shape index (κ1) is 25.5. The monoisotopic (exact) mass is 515 g/mol. The van der Waals surface area contributed by atoms with Gasteiger partial charge in [-0.1, -0.05) is 24.3 Å². The maximum absolute atomic E-state index is 13.7. The number of hydrogen-bond donors (Lipinski definition) is 0. The first-order valence-electron chi connectivity index (χ1n) is 12.6. The van der Waals surface area contributed by atoms with Gasteiger partial charge in [0.15, 0.2) is 0 Å². The van der Waals surface area contributed by atoms with Crippen LogP contribution in [0.2, 0.25) is 0 Å². The summed E-state index contributed by atoms with van der Waals surface area (Å²) in [5, 5.41) is 4.79. The van der Waals surface area contributed by atoms with E-state index in [1.165, 1.54) is 24.3 Å². The van der Waals surface area contributed by atoms with Crippen molar-refractivity contribution in [3.8, 4) is 23.1 Å². The van der Waals surface area contributed by atoms with Gasteiger partial charge in [-0.25, -0.2) is 9.07 Å². The molecule has 1 aromatic heterocycles. The third-order valence-corrected chi connectivity index (χ3v) is 6.57. The van der Waals surface area contributed by atoms with Crippen molar-refractivity contribution in [2.75, 3.05) is 20.3 Å². The lowest BCUT2D eigenvalue weighted by molar-refractivity contribution is 0.0505. The van der Waals surface area contributed by atoms with Gasteiger partial charge in [-0.2, -0.15) is 5.10 Å². The number of carbonyl (C=O) groups excluding carboxylic acids is 1. The van der Waals surface area contributed by atoms with Crippen LogP contribution in [-0.2, 0) is 11.3 Å².